The van der Waals surface area contributed by atoms with Gasteiger partial charge in [0.1, 0.15) is 0 Å². The number of hydrogen-bond acceptors (Lipinski definition) is 5. The van der Waals surface area contributed by atoms with Gasteiger partial charge in [0.2, 0.25) is 5.16 Å². The van der Waals surface area contributed by atoms with Gasteiger partial charge in [-0.25, -0.2) is 4.68 Å². The Kier molecular flexibility index (Phi) is 4.58. The molecule has 18 heavy (non-hydrogen) atoms. The van der Waals surface area contributed by atoms with E-state index in [4.69, 9.17) is 5.84 Å². The summed E-state index contributed by atoms with van der Waals surface area (Å²) in [6, 6.07) is 3.96. The molecule has 2 heterocycles. The third-order valence-electron chi connectivity index (χ3n) is 2.58. The summed E-state index contributed by atoms with van der Waals surface area (Å²) in [5.74, 6) is 7.62. The largest absolute Gasteiger partial charge is 0.336 e. The van der Waals surface area contributed by atoms with Gasteiger partial charge in [-0.15, -0.1) is 10.2 Å². The molecular formula is C12H17N5S. The lowest BCUT2D eigenvalue weighted by atomic mass is 10.2. The predicted octanol–water partition coefficient (Wildman–Crippen LogP) is 2.02. The Morgan fingerprint density at radius 2 is 2.28 bits per heavy atom. The van der Waals surface area contributed by atoms with Gasteiger partial charge in [-0.1, -0.05) is 31.2 Å². The first-order chi connectivity index (χ1) is 8.81. The molecule has 0 saturated heterocycles. The zero-order chi connectivity index (χ0) is 12.8. The van der Waals surface area contributed by atoms with Crippen LogP contribution in [0.1, 0.15) is 31.2 Å². The molecule has 2 aromatic rings. The highest BCUT2D eigenvalue weighted by Gasteiger charge is 2.09. The van der Waals surface area contributed by atoms with Crippen LogP contribution in [-0.4, -0.2) is 19.9 Å². The van der Waals surface area contributed by atoms with Gasteiger partial charge in [0.05, 0.1) is 0 Å². The fourth-order valence-corrected chi connectivity index (χ4v) is 2.35. The predicted molar refractivity (Wildman–Crippen MR) is 72.6 cm³/mol. The molecule has 0 aliphatic heterocycles. The normalized spacial score (nSPS) is 10.7. The molecule has 2 rings (SSSR count). The van der Waals surface area contributed by atoms with E-state index in [1.807, 2.05) is 18.3 Å². The highest BCUT2D eigenvalue weighted by molar-refractivity contribution is 7.98. The van der Waals surface area contributed by atoms with Gasteiger partial charge in [0.15, 0.2) is 5.82 Å². The van der Waals surface area contributed by atoms with Crippen LogP contribution in [0.15, 0.2) is 29.7 Å². The van der Waals surface area contributed by atoms with Crippen LogP contribution in [0.2, 0.25) is 0 Å². The number of thioether (sulfide) groups is 1. The van der Waals surface area contributed by atoms with E-state index in [0.29, 0.717) is 0 Å². The minimum absolute atomic E-state index is 0.755. The van der Waals surface area contributed by atoms with Crippen molar-refractivity contribution in [1.82, 2.24) is 19.9 Å². The molecule has 2 N–H and O–H groups in total. The number of unbranched alkanes of at least 4 members (excludes halogenated alkanes) is 1. The average Bonchev–Trinajstić information content (AvgIpc) is 2.76. The van der Waals surface area contributed by atoms with Crippen LogP contribution in [0.3, 0.4) is 0 Å². The second-order valence-electron chi connectivity index (χ2n) is 4.02. The number of nitrogen functional groups attached to an aromatic ring is 1. The third kappa shape index (κ3) is 3.22. The van der Waals surface area contributed by atoms with Crippen molar-refractivity contribution >= 4 is 11.8 Å². The van der Waals surface area contributed by atoms with E-state index in [1.54, 1.807) is 22.6 Å². The Labute approximate surface area is 111 Å². The molecular weight excluding hydrogens is 246 g/mol. The van der Waals surface area contributed by atoms with Gasteiger partial charge in [0, 0.05) is 24.6 Å². The van der Waals surface area contributed by atoms with Gasteiger partial charge in [0.25, 0.3) is 0 Å². The Hall–Kier alpha value is -1.56. The van der Waals surface area contributed by atoms with Gasteiger partial charge in [-0.2, -0.15) is 0 Å². The molecule has 0 bridgehead atoms. The zero-order valence-corrected chi connectivity index (χ0v) is 11.2. The summed E-state index contributed by atoms with van der Waals surface area (Å²) in [5.41, 5.74) is 1.15. The van der Waals surface area contributed by atoms with E-state index in [9.17, 15) is 0 Å². The number of aromatic nitrogens is 4. The van der Waals surface area contributed by atoms with Crippen molar-refractivity contribution in [3.63, 3.8) is 0 Å². The number of aryl methyl sites for hydroxylation is 1. The molecule has 0 aliphatic carbocycles. The topological polar surface area (TPSA) is 69.6 Å². The van der Waals surface area contributed by atoms with Crippen LogP contribution < -0.4 is 5.84 Å². The first-order valence-electron chi connectivity index (χ1n) is 6.02. The molecule has 0 aromatic carbocycles. The summed E-state index contributed by atoms with van der Waals surface area (Å²) in [6.45, 7) is 2.15. The van der Waals surface area contributed by atoms with E-state index in [-0.39, 0.29) is 0 Å². The Balaban J connectivity index is 1.95. The quantitative estimate of drug-likeness (QED) is 0.638. The molecule has 0 atom stereocenters. The van der Waals surface area contributed by atoms with Crippen molar-refractivity contribution in [3.05, 3.63) is 35.9 Å². The Bertz CT molecular complexity index is 482. The fraction of sp³-hybridized carbons (Fsp3) is 0.417. The second kappa shape index (κ2) is 6.39. The first-order valence-corrected chi connectivity index (χ1v) is 7.01. The van der Waals surface area contributed by atoms with Crippen molar-refractivity contribution in [2.24, 2.45) is 0 Å². The maximum Gasteiger partial charge on any atom is 0.210 e. The maximum absolute atomic E-state index is 5.96. The smallest absolute Gasteiger partial charge is 0.210 e. The molecule has 0 radical (unpaired) electrons. The minimum atomic E-state index is 0.755. The molecule has 96 valence electrons. The zero-order valence-electron chi connectivity index (χ0n) is 10.4. The van der Waals surface area contributed by atoms with Crippen LogP contribution in [0.5, 0.6) is 0 Å². The van der Waals surface area contributed by atoms with E-state index < -0.39 is 0 Å². The summed E-state index contributed by atoms with van der Waals surface area (Å²) in [7, 11) is 0. The average molecular weight is 263 g/mol. The molecule has 0 amide bonds. The summed E-state index contributed by atoms with van der Waals surface area (Å²) >= 11 is 1.58. The van der Waals surface area contributed by atoms with Crippen molar-refractivity contribution in [1.29, 1.82) is 0 Å². The minimum Gasteiger partial charge on any atom is -0.336 e. The number of hydrogen-bond donors (Lipinski definition) is 1. The Morgan fingerprint density at radius 1 is 1.39 bits per heavy atom. The fourth-order valence-electron chi connectivity index (χ4n) is 1.54. The van der Waals surface area contributed by atoms with E-state index in [1.165, 1.54) is 0 Å². The van der Waals surface area contributed by atoms with E-state index in [2.05, 4.69) is 22.1 Å². The third-order valence-corrected chi connectivity index (χ3v) is 3.59. The lowest BCUT2D eigenvalue weighted by Crippen LogP contribution is -2.14. The molecule has 0 fully saturated rings. The number of nitrogens with zero attached hydrogens (tertiary/aromatic N) is 4. The van der Waals surface area contributed by atoms with Crippen LogP contribution in [0, 0.1) is 0 Å². The van der Waals surface area contributed by atoms with Gasteiger partial charge < -0.3 is 5.84 Å². The standard InChI is InChI=1S/C12H17N5S/c1-2-3-6-11-15-16-12(17(11)13)18-9-10-5-4-7-14-8-10/h4-5,7-8H,2-3,6,9,13H2,1H3. The molecule has 0 spiro atoms. The monoisotopic (exact) mass is 263 g/mol. The van der Waals surface area contributed by atoms with Gasteiger partial charge >= 0.3 is 0 Å². The summed E-state index contributed by atoms with van der Waals surface area (Å²) in [4.78, 5) is 4.08. The summed E-state index contributed by atoms with van der Waals surface area (Å²) < 4.78 is 1.59. The first kappa shape index (κ1) is 12.9. The van der Waals surface area contributed by atoms with E-state index in [0.717, 1.165) is 41.6 Å². The van der Waals surface area contributed by atoms with Crippen molar-refractivity contribution in [2.45, 2.75) is 37.1 Å². The maximum atomic E-state index is 5.96. The van der Waals surface area contributed by atoms with Crippen LogP contribution in [0.25, 0.3) is 0 Å². The van der Waals surface area contributed by atoms with E-state index >= 15 is 0 Å². The molecule has 0 aliphatic rings. The highest BCUT2D eigenvalue weighted by atomic mass is 32.2. The van der Waals surface area contributed by atoms with Crippen LogP contribution >= 0.6 is 11.8 Å². The van der Waals surface area contributed by atoms with Gasteiger partial charge in [-0.3, -0.25) is 4.98 Å². The van der Waals surface area contributed by atoms with Crippen LogP contribution in [-0.2, 0) is 12.2 Å². The van der Waals surface area contributed by atoms with Crippen molar-refractivity contribution in [3.8, 4) is 0 Å². The lowest BCUT2D eigenvalue weighted by Gasteiger charge is -2.03. The molecule has 0 unspecified atom stereocenters. The van der Waals surface area contributed by atoms with Gasteiger partial charge in [-0.05, 0) is 18.1 Å². The highest BCUT2D eigenvalue weighted by Crippen LogP contribution is 2.20. The number of pyridine rings is 1. The van der Waals surface area contributed by atoms with Crippen LogP contribution in [0.4, 0.5) is 0 Å². The second-order valence-corrected chi connectivity index (χ2v) is 4.96. The molecule has 0 saturated carbocycles. The van der Waals surface area contributed by atoms with Crippen molar-refractivity contribution in [2.75, 3.05) is 5.84 Å². The number of rotatable bonds is 6. The number of nitrogens with two attached hydrogens (primary N) is 1. The summed E-state index contributed by atoms with van der Waals surface area (Å²) in [5, 5.41) is 8.99. The molecule has 6 heteroatoms. The van der Waals surface area contributed by atoms with Crippen molar-refractivity contribution < 1.29 is 0 Å². The lowest BCUT2D eigenvalue weighted by molar-refractivity contribution is 0.712. The molecule has 2 aromatic heterocycles. The summed E-state index contributed by atoms with van der Waals surface area (Å²) in [6.07, 6.45) is 6.71. The Morgan fingerprint density at radius 3 is 3.00 bits per heavy atom. The molecule has 5 nitrogen and oxygen atoms in total. The SMILES string of the molecule is CCCCc1nnc(SCc2cccnc2)n1N.